The number of halogens is 1. The van der Waals surface area contributed by atoms with Crippen molar-refractivity contribution in [2.45, 2.75) is 44.9 Å². The van der Waals surface area contributed by atoms with Crippen LogP contribution in [0.15, 0.2) is 0 Å². The molecule has 4 saturated carbocycles. The first-order valence-electron chi connectivity index (χ1n) is 7.40. The van der Waals surface area contributed by atoms with Crippen molar-refractivity contribution in [3.63, 3.8) is 0 Å². The van der Waals surface area contributed by atoms with Gasteiger partial charge in [0.15, 0.2) is 0 Å². The minimum absolute atomic E-state index is 0.317. The minimum Gasteiger partial charge on any atom is -0.345 e. The Morgan fingerprint density at radius 1 is 1.17 bits per heavy atom. The first-order chi connectivity index (χ1) is 8.60. The van der Waals surface area contributed by atoms with Crippen LogP contribution in [0.2, 0.25) is 0 Å². The summed E-state index contributed by atoms with van der Waals surface area (Å²) >= 11 is 5.72. The highest BCUT2D eigenvalue weighted by Crippen LogP contribution is 2.61. The molecule has 4 fully saturated rings. The van der Waals surface area contributed by atoms with Gasteiger partial charge < -0.3 is 4.90 Å². The Kier molecular flexibility index (Phi) is 3.34. The lowest BCUT2D eigenvalue weighted by molar-refractivity contribution is -0.138. The second kappa shape index (κ2) is 4.70. The molecule has 0 radical (unpaired) electrons. The van der Waals surface area contributed by atoms with Crippen molar-refractivity contribution in [2.24, 2.45) is 23.2 Å². The highest BCUT2D eigenvalue weighted by atomic mass is 35.5. The van der Waals surface area contributed by atoms with Crippen molar-refractivity contribution in [3.8, 4) is 0 Å². The maximum Gasteiger partial charge on any atom is 0.222 e. The quantitative estimate of drug-likeness (QED) is 0.717. The molecule has 4 aliphatic rings. The van der Waals surface area contributed by atoms with E-state index in [4.69, 9.17) is 11.6 Å². The number of amides is 1. The number of hydrogen-bond acceptors (Lipinski definition) is 1. The van der Waals surface area contributed by atoms with E-state index in [1.54, 1.807) is 0 Å². The Hall–Kier alpha value is -0.240. The Morgan fingerprint density at radius 2 is 1.67 bits per heavy atom. The van der Waals surface area contributed by atoms with Gasteiger partial charge >= 0.3 is 0 Å². The minimum atomic E-state index is 0.317. The molecule has 0 aromatic rings. The number of carbonyl (C=O) groups excluding carboxylic acids is 1. The smallest absolute Gasteiger partial charge is 0.222 e. The van der Waals surface area contributed by atoms with E-state index in [2.05, 4.69) is 0 Å². The second-order valence-electron chi connectivity index (χ2n) is 7.10. The highest BCUT2D eigenvalue weighted by molar-refractivity contribution is 6.18. The molecular formula is C15H24ClNO. The fourth-order valence-corrected chi connectivity index (χ4v) is 5.47. The van der Waals surface area contributed by atoms with Crippen LogP contribution in [0, 0.1) is 23.2 Å². The number of rotatable bonds is 4. The Balaban J connectivity index is 1.67. The predicted molar refractivity (Wildman–Crippen MR) is 73.6 cm³/mol. The predicted octanol–water partition coefficient (Wildman–Crippen LogP) is 3.29. The molecule has 0 heterocycles. The van der Waals surface area contributed by atoms with Gasteiger partial charge in [-0.2, -0.15) is 0 Å². The van der Waals surface area contributed by atoms with E-state index in [1.165, 1.54) is 38.5 Å². The largest absolute Gasteiger partial charge is 0.345 e. The van der Waals surface area contributed by atoms with Crippen LogP contribution in [0.5, 0.6) is 0 Å². The molecule has 0 saturated heterocycles. The molecule has 0 aromatic carbocycles. The van der Waals surface area contributed by atoms with Crippen molar-refractivity contribution < 1.29 is 4.79 Å². The fourth-order valence-electron chi connectivity index (χ4n) is 5.21. The summed E-state index contributed by atoms with van der Waals surface area (Å²) in [5.41, 5.74) is 0.367. The van der Waals surface area contributed by atoms with Gasteiger partial charge in [0.05, 0.1) is 0 Å². The molecule has 102 valence electrons. The van der Waals surface area contributed by atoms with E-state index in [1.807, 2.05) is 11.9 Å². The monoisotopic (exact) mass is 269 g/mol. The Morgan fingerprint density at radius 3 is 2.11 bits per heavy atom. The first kappa shape index (κ1) is 12.8. The van der Waals surface area contributed by atoms with Crippen LogP contribution in [0.3, 0.4) is 0 Å². The van der Waals surface area contributed by atoms with Gasteiger partial charge in [0.25, 0.3) is 0 Å². The zero-order valence-corrected chi connectivity index (χ0v) is 12.1. The summed E-state index contributed by atoms with van der Waals surface area (Å²) in [6, 6.07) is 0. The molecule has 0 atom stereocenters. The van der Waals surface area contributed by atoms with Crippen molar-refractivity contribution in [1.29, 1.82) is 0 Å². The van der Waals surface area contributed by atoms with Crippen LogP contribution in [-0.2, 0) is 4.79 Å². The van der Waals surface area contributed by atoms with Gasteiger partial charge in [-0.05, 0) is 61.7 Å². The molecular weight excluding hydrogens is 246 g/mol. The maximum atomic E-state index is 12.3. The summed E-state index contributed by atoms with van der Waals surface area (Å²) in [7, 11) is 1.89. The lowest BCUT2D eigenvalue weighted by atomic mass is 9.49. The molecule has 1 amide bonds. The van der Waals surface area contributed by atoms with Gasteiger partial charge in [-0.1, -0.05) is 0 Å². The summed E-state index contributed by atoms with van der Waals surface area (Å²) in [6.45, 7) is 0.687. The van der Waals surface area contributed by atoms with E-state index >= 15 is 0 Å². The normalized spacial score (nSPS) is 41.1. The first-order valence-corrected chi connectivity index (χ1v) is 7.93. The van der Waals surface area contributed by atoms with Crippen molar-refractivity contribution in [3.05, 3.63) is 0 Å². The van der Waals surface area contributed by atoms with Crippen molar-refractivity contribution in [2.75, 3.05) is 19.5 Å². The molecule has 0 unspecified atom stereocenters. The summed E-state index contributed by atoms with van der Waals surface area (Å²) in [6.07, 6.45) is 9.09. The topological polar surface area (TPSA) is 20.3 Å². The number of carbonyl (C=O) groups is 1. The highest BCUT2D eigenvalue weighted by Gasteiger charge is 2.51. The SMILES string of the molecule is CN(CCCl)C(=O)CC12CC3CC(CC(C3)C1)C2. The lowest BCUT2D eigenvalue weighted by Crippen LogP contribution is -2.48. The molecule has 4 rings (SSSR count). The van der Waals surface area contributed by atoms with Crippen molar-refractivity contribution in [1.82, 2.24) is 4.90 Å². The summed E-state index contributed by atoms with van der Waals surface area (Å²) in [4.78, 5) is 14.1. The molecule has 0 N–H and O–H groups in total. The standard InChI is InChI=1S/C15H24ClNO/c1-17(3-2-16)14(18)10-15-7-11-4-12(8-15)6-13(5-11)9-15/h11-13H,2-10H2,1H3. The van der Waals surface area contributed by atoms with Crippen LogP contribution in [-0.4, -0.2) is 30.3 Å². The van der Waals surface area contributed by atoms with E-state index in [0.29, 0.717) is 23.7 Å². The van der Waals surface area contributed by atoms with E-state index in [-0.39, 0.29) is 0 Å². The molecule has 4 aliphatic carbocycles. The second-order valence-corrected chi connectivity index (χ2v) is 7.48. The van der Waals surface area contributed by atoms with Crippen LogP contribution in [0.1, 0.15) is 44.9 Å². The summed E-state index contributed by atoms with van der Waals surface area (Å²) in [5.74, 6) is 3.66. The van der Waals surface area contributed by atoms with Crippen LogP contribution < -0.4 is 0 Å². The summed E-state index contributed by atoms with van der Waals surface area (Å²) < 4.78 is 0. The lowest BCUT2D eigenvalue weighted by Gasteiger charge is -2.56. The maximum absolute atomic E-state index is 12.3. The zero-order chi connectivity index (χ0) is 12.8. The molecule has 3 heteroatoms. The molecule has 4 bridgehead atoms. The average Bonchev–Trinajstić information content (AvgIpc) is 2.26. The van der Waals surface area contributed by atoms with E-state index in [9.17, 15) is 4.79 Å². The van der Waals surface area contributed by atoms with E-state index in [0.717, 1.165) is 24.2 Å². The number of hydrogen-bond donors (Lipinski definition) is 0. The van der Waals surface area contributed by atoms with Crippen molar-refractivity contribution >= 4 is 17.5 Å². The average molecular weight is 270 g/mol. The third-order valence-corrected chi connectivity index (χ3v) is 5.71. The van der Waals surface area contributed by atoms with Gasteiger partial charge in [-0.15, -0.1) is 11.6 Å². The molecule has 0 aliphatic heterocycles. The Labute approximate surface area is 115 Å². The molecule has 2 nitrogen and oxygen atoms in total. The van der Waals surface area contributed by atoms with Gasteiger partial charge in [0.1, 0.15) is 0 Å². The van der Waals surface area contributed by atoms with Gasteiger partial charge in [0.2, 0.25) is 5.91 Å². The third-order valence-electron chi connectivity index (χ3n) is 5.54. The van der Waals surface area contributed by atoms with Gasteiger partial charge in [-0.25, -0.2) is 0 Å². The summed E-state index contributed by atoms with van der Waals surface area (Å²) in [5, 5.41) is 0. The van der Waals surface area contributed by atoms with Gasteiger partial charge in [-0.3, -0.25) is 4.79 Å². The molecule has 0 spiro atoms. The van der Waals surface area contributed by atoms with Gasteiger partial charge in [0, 0.05) is 25.9 Å². The Bertz CT molecular complexity index is 306. The van der Waals surface area contributed by atoms with Crippen LogP contribution in [0.4, 0.5) is 0 Å². The molecule has 18 heavy (non-hydrogen) atoms. The fraction of sp³-hybridized carbons (Fsp3) is 0.933. The molecule has 0 aromatic heterocycles. The van der Waals surface area contributed by atoms with E-state index < -0.39 is 0 Å². The number of alkyl halides is 1. The van der Waals surface area contributed by atoms with Crippen LogP contribution in [0.25, 0.3) is 0 Å². The number of nitrogens with zero attached hydrogens (tertiary/aromatic N) is 1. The zero-order valence-electron chi connectivity index (χ0n) is 11.3. The van der Waals surface area contributed by atoms with Crippen LogP contribution >= 0.6 is 11.6 Å². The third kappa shape index (κ3) is 2.29.